The summed E-state index contributed by atoms with van der Waals surface area (Å²) in [6.07, 6.45) is -3.88. The normalized spacial score (nSPS) is 15.5. The molecule has 1 aliphatic heterocycles. The number of methoxy groups -OCH3 is 1. The first-order valence-electron chi connectivity index (χ1n) is 11.7. The summed E-state index contributed by atoms with van der Waals surface area (Å²) < 4.78 is 64.5. The van der Waals surface area contributed by atoms with Crippen LogP contribution in [-0.2, 0) is 14.3 Å². The van der Waals surface area contributed by atoms with E-state index in [4.69, 9.17) is 9.47 Å². The number of alkyl halides is 3. The molecule has 0 saturated carbocycles. The number of benzene rings is 2. The molecule has 0 spiro atoms. The van der Waals surface area contributed by atoms with Crippen LogP contribution in [0, 0.1) is 5.82 Å². The largest absolute Gasteiger partial charge is 0.491 e. The molecule has 2 aromatic carbocycles. The summed E-state index contributed by atoms with van der Waals surface area (Å²) in [6, 6.07) is 7.19. The van der Waals surface area contributed by atoms with E-state index in [1.807, 2.05) is 0 Å². The third-order valence-corrected chi connectivity index (χ3v) is 5.91. The van der Waals surface area contributed by atoms with E-state index in [1.165, 1.54) is 31.6 Å². The fraction of sp³-hybridized carbons (Fsp3) is 0.360. The van der Waals surface area contributed by atoms with Gasteiger partial charge >= 0.3 is 6.18 Å². The number of fused-ring (bicyclic) bond motifs is 1. The molecule has 13 heteroatoms. The third kappa shape index (κ3) is 6.46. The first-order valence-corrected chi connectivity index (χ1v) is 11.7. The molecule has 1 unspecified atom stereocenters. The summed E-state index contributed by atoms with van der Waals surface area (Å²) >= 11 is 0. The number of hydrogen-bond acceptors (Lipinski definition) is 7. The van der Waals surface area contributed by atoms with Crippen LogP contribution in [0.2, 0.25) is 0 Å². The number of ether oxygens (including phenoxy) is 2. The van der Waals surface area contributed by atoms with E-state index in [9.17, 15) is 27.2 Å². The van der Waals surface area contributed by atoms with Crippen LogP contribution in [0.5, 0.6) is 5.75 Å². The lowest BCUT2D eigenvalue weighted by Crippen LogP contribution is -2.45. The second kappa shape index (κ2) is 11.6. The number of nitrogens with one attached hydrogen (secondary N) is 2. The lowest BCUT2D eigenvalue weighted by molar-refractivity contribution is -0.182. The minimum atomic E-state index is -4.52. The zero-order valence-electron chi connectivity index (χ0n) is 20.3. The van der Waals surface area contributed by atoms with Crippen LogP contribution in [0.25, 0.3) is 10.9 Å². The van der Waals surface area contributed by atoms with Gasteiger partial charge in [-0.15, -0.1) is 0 Å². The monoisotopic (exact) mass is 535 g/mol. The number of nitrogens with zero attached hydrogens (tertiary/aromatic N) is 3. The Morgan fingerprint density at radius 2 is 1.84 bits per heavy atom. The Hall–Kier alpha value is -4.00. The molecule has 1 aromatic heterocycles. The van der Waals surface area contributed by atoms with E-state index < -0.39 is 36.3 Å². The van der Waals surface area contributed by atoms with E-state index in [1.54, 1.807) is 18.2 Å². The van der Waals surface area contributed by atoms with Crippen molar-refractivity contribution in [1.82, 2.24) is 14.9 Å². The second-order valence-electron chi connectivity index (χ2n) is 8.58. The molecule has 0 aliphatic carbocycles. The van der Waals surface area contributed by atoms with Gasteiger partial charge in [-0.05, 0) is 37.1 Å². The van der Waals surface area contributed by atoms with Crippen molar-refractivity contribution in [3.8, 4) is 5.75 Å². The lowest BCUT2D eigenvalue weighted by atomic mass is 10.2. The number of halogens is 4. The summed E-state index contributed by atoms with van der Waals surface area (Å²) in [4.78, 5) is 33.5. The Labute approximate surface area is 215 Å². The highest BCUT2D eigenvalue weighted by Gasteiger charge is 2.47. The van der Waals surface area contributed by atoms with Gasteiger partial charge in [0.1, 0.15) is 42.8 Å². The number of aromatic nitrogens is 2. The molecular weight excluding hydrogens is 510 g/mol. The molecule has 2 heterocycles. The molecule has 1 aliphatic rings. The van der Waals surface area contributed by atoms with Crippen molar-refractivity contribution in [2.45, 2.75) is 31.5 Å². The van der Waals surface area contributed by atoms with Gasteiger partial charge in [-0.3, -0.25) is 9.59 Å². The highest BCUT2D eigenvalue weighted by molar-refractivity contribution is 6.03. The minimum absolute atomic E-state index is 0.0306. The molecule has 1 saturated heterocycles. The van der Waals surface area contributed by atoms with Crippen molar-refractivity contribution in [1.29, 1.82) is 0 Å². The Morgan fingerprint density at radius 3 is 2.55 bits per heavy atom. The molecule has 38 heavy (non-hydrogen) atoms. The van der Waals surface area contributed by atoms with E-state index in [0.29, 0.717) is 34.1 Å². The van der Waals surface area contributed by atoms with E-state index in [2.05, 4.69) is 20.6 Å². The summed E-state index contributed by atoms with van der Waals surface area (Å²) in [6.45, 7) is 0.568. The predicted molar refractivity (Wildman–Crippen MR) is 131 cm³/mol. The number of carbonyl (C=O) groups excluding carboxylic acids is 2. The second-order valence-corrected chi connectivity index (χ2v) is 8.58. The molecule has 3 aromatic rings. The first kappa shape index (κ1) is 27.0. The van der Waals surface area contributed by atoms with Crippen molar-refractivity contribution in [2.75, 3.05) is 37.5 Å². The molecule has 4 rings (SSSR count). The Bertz CT molecular complexity index is 1300. The number of hydrogen-bond donors (Lipinski definition) is 2. The van der Waals surface area contributed by atoms with Crippen molar-refractivity contribution in [3.05, 3.63) is 48.5 Å². The van der Waals surface area contributed by atoms with Crippen molar-refractivity contribution in [3.63, 3.8) is 0 Å². The lowest BCUT2D eigenvalue weighted by Gasteiger charge is -2.26. The van der Waals surface area contributed by atoms with Gasteiger partial charge in [-0.25, -0.2) is 14.4 Å². The predicted octanol–water partition coefficient (Wildman–Crippen LogP) is 4.42. The van der Waals surface area contributed by atoms with Gasteiger partial charge in [0.2, 0.25) is 11.8 Å². The maximum atomic E-state index is 14.9. The van der Waals surface area contributed by atoms with Crippen LogP contribution in [0.4, 0.5) is 34.8 Å². The Kier molecular flexibility index (Phi) is 8.25. The van der Waals surface area contributed by atoms with Crippen molar-refractivity contribution >= 4 is 39.9 Å². The topological polar surface area (TPSA) is 106 Å². The first-order chi connectivity index (χ1) is 18.2. The van der Waals surface area contributed by atoms with Gasteiger partial charge in [0, 0.05) is 37.2 Å². The number of anilines is 3. The van der Waals surface area contributed by atoms with Crippen LogP contribution in [-0.4, -0.2) is 65.8 Å². The molecule has 0 bridgehead atoms. The molecule has 2 N–H and O–H groups in total. The standard InChI is InChI=1S/C25H25F4N5O4/c1-37-9-10-38-17-11-18(26)23-19(12-17)30-14-31-24(23)33-16-6-4-15(5-7-16)32-21(35)13-22(36)34-8-2-3-20(34)25(27,28)29/h4-7,11-12,14,20H,2-3,8-10,13H2,1H3,(H,32,35)(H,30,31,33). The fourth-order valence-corrected chi connectivity index (χ4v) is 4.16. The average Bonchev–Trinajstić information content (AvgIpc) is 3.37. The van der Waals surface area contributed by atoms with Gasteiger partial charge in [0.15, 0.2) is 0 Å². The molecular formula is C25H25F4N5O4. The average molecular weight is 535 g/mol. The molecule has 9 nitrogen and oxygen atoms in total. The van der Waals surface area contributed by atoms with Crippen molar-refractivity contribution < 1.29 is 36.6 Å². The summed E-state index contributed by atoms with van der Waals surface area (Å²) in [7, 11) is 1.53. The molecule has 0 radical (unpaired) electrons. The van der Waals surface area contributed by atoms with Gasteiger partial charge < -0.3 is 25.0 Å². The van der Waals surface area contributed by atoms with E-state index in [0.717, 1.165) is 0 Å². The van der Waals surface area contributed by atoms with Crippen LogP contribution in [0.15, 0.2) is 42.7 Å². The minimum Gasteiger partial charge on any atom is -0.491 e. The van der Waals surface area contributed by atoms with Crippen LogP contribution in [0.3, 0.4) is 0 Å². The fourth-order valence-electron chi connectivity index (χ4n) is 4.16. The smallest absolute Gasteiger partial charge is 0.408 e. The van der Waals surface area contributed by atoms with Crippen LogP contribution in [0.1, 0.15) is 19.3 Å². The van der Waals surface area contributed by atoms with Gasteiger partial charge in [0.05, 0.1) is 17.5 Å². The number of amides is 2. The number of carbonyl (C=O) groups is 2. The molecule has 2 amide bonds. The van der Waals surface area contributed by atoms with Crippen LogP contribution >= 0.6 is 0 Å². The third-order valence-electron chi connectivity index (χ3n) is 5.91. The Balaban J connectivity index is 1.39. The number of rotatable bonds is 9. The maximum Gasteiger partial charge on any atom is 0.408 e. The highest BCUT2D eigenvalue weighted by atomic mass is 19.4. The SMILES string of the molecule is COCCOc1cc(F)c2c(Nc3ccc(NC(=O)CC(=O)N4CCCC4C(F)(F)F)cc3)ncnc2c1. The zero-order chi connectivity index (χ0) is 27.3. The van der Waals surface area contributed by atoms with Gasteiger partial charge in [0.25, 0.3) is 0 Å². The number of likely N-dealkylation sites (tertiary alicyclic amines) is 1. The molecule has 1 fully saturated rings. The molecule has 202 valence electrons. The van der Waals surface area contributed by atoms with Gasteiger partial charge in [-0.2, -0.15) is 13.2 Å². The summed E-state index contributed by atoms with van der Waals surface area (Å²) in [5, 5.41) is 5.65. The Morgan fingerprint density at radius 1 is 1.11 bits per heavy atom. The summed E-state index contributed by atoms with van der Waals surface area (Å²) in [5.74, 6) is -1.67. The highest BCUT2D eigenvalue weighted by Crippen LogP contribution is 2.33. The van der Waals surface area contributed by atoms with E-state index in [-0.39, 0.29) is 37.2 Å². The summed E-state index contributed by atoms with van der Waals surface area (Å²) in [5.41, 5.74) is 1.18. The van der Waals surface area contributed by atoms with Crippen molar-refractivity contribution in [2.24, 2.45) is 0 Å². The molecule has 1 atom stereocenters. The van der Waals surface area contributed by atoms with Crippen LogP contribution < -0.4 is 15.4 Å². The quantitative estimate of drug-likeness (QED) is 0.237. The van der Waals surface area contributed by atoms with Gasteiger partial charge in [-0.1, -0.05) is 0 Å². The van der Waals surface area contributed by atoms with E-state index >= 15 is 0 Å². The maximum absolute atomic E-state index is 14.9. The zero-order valence-corrected chi connectivity index (χ0v) is 20.3.